The van der Waals surface area contributed by atoms with E-state index in [0.29, 0.717) is 22.2 Å². The third-order valence-electron chi connectivity index (χ3n) is 4.37. The first-order chi connectivity index (χ1) is 12.1. The van der Waals surface area contributed by atoms with Gasteiger partial charge in [0.25, 0.3) is 5.91 Å². The molecule has 132 valence electrons. The first kappa shape index (κ1) is 18.0. The maximum Gasteiger partial charge on any atom is 0.255 e. The Hall–Kier alpha value is -1.78. The first-order valence-electron chi connectivity index (χ1n) is 8.56. The zero-order valence-corrected chi connectivity index (χ0v) is 15.5. The fraction of sp³-hybridized carbons (Fsp3) is 0.368. The third kappa shape index (κ3) is 4.86. The molecule has 0 aliphatic carbocycles. The quantitative estimate of drug-likeness (QED) is 0.823. The number of piperidine rings is 1. The van der Waals surface area contributed by atoms with Crippen LogP contribution in [-0.2, 0) is 6.42 Å². The highest BCUT2D eigenvalue weighted by Gasteiger charge is 2.18. The predicted octanol–water partition coefficient (Wildman–Crippen LogP) is 4.67. The Morgan fingerprint density at radius 2 is 1.92 bits per heavy atom. The molecule has 0 radical (unpaired) electrons. The number of halogens is 2. The van der Waals surface area contributed by atoms with Crippen LogP contribution in [0.2, 0.25) is 10.0 Å². The lowest BCUT2D eigenvalue weighted by Crippen LogP contribution is -2.35. The Morgan fingerprint density at radius 1 is 1.12 bits per heavy atom. The number of rotatable bonds is 5. The Morgan fingerprint density at radius 3 is 2.60 bits per heavy atom. The van der Waals surface area contributed by atoms with E-state index in [1.807, 2.05) is 29.2 Å². The van der Waals surface area contributed by atoms with Gasteiger partial charge in [-0.25, -0.2) is 4.98 Å². The molecule has 1 fully saturated rings. The van der Waals surface area contributed by atoms with Gasteiger partial charge in [-0.15, -0.1) is 0 Å². The van der Waals surface area contributed by atoms with Gasteiger partial charge in [0.2, 0.25) is 0 Å². The van der Waals surface area contributed by atoms with Crippen molar-refractivity contribution in [3.05, 3.63) is 57.7 Å². The minimum Gasteiger partial charge on any atom is -0.370 e. The van der Waals surface area contributed by atoms with Crippen molar-refractivity contribution >= 4 is 34.9 Å². The SMILES string of the molecule is O=C(c1ccc(NCCc2ccc(Cl)cc2Cl)nc1)N1CCCCC1. The van der Waals surface area contributed by atoms with E-state index in [0.717, 1.165) is 43.7 Å². The lowest BCUT2D eigenvalue weighted by Gasteiger charge is -2.26. The second-order valence-corrected chi connectivity index (χ2v) is 7.04. The van der Waals surface area contributed by atoms with E-state index in [1.165, 1.54) is 6.42 Å². The Balaban J connectivity index is 1.53. The normalized spacial score (nSPS) is 14.4. The van der Waals surface area contributed by atoms with Crippen LogP contribution in [0.1, 0.15) is 35.2 Å². The Bertz CT molecular complexity index is 728. The molecule has 1 aromatic carbocycles. The molecule has 6 heteroatoms. The van der Waals surface area contributed by atoms with Gasteiger partial charge in [0.1, 0.15) is 5.82 Å². The summed E-state index contributed by atoms with van der Waals surface area (Å²) < 4.78 is 0. The fourth-order valence-electron chi connectivity index (χ4n) is 2.95. The molecule has 0 atom stereocenters. The van der Waals surface area contributed by atoms with Gasteiger partial charge in [-0.05, 0) is 55.5 Å². The second kappa shape index (κ2) is 8.54. The molecule has 4 nitrogen and oxygen atoms in total. The van der Waals surface area contributed by atoms with Crippen molar-refractivity contribution < 1.29 is 4.79 Å². The topological polar surface area (TPSA) is 45.2 Å². The molecule has 0 unspecified atom stereocenters. The number of nitrogens with one attached hydrogen (secondary N) is 1. The van der Waals surface area contributed by atoms with Gasteiger partial charge >= 0.3 is 0 Å². The number of benzene rings is 1. The van der Waals surface area contributed by atoms with Gasteiger partial charge in [0.05, 0.1) is 5.56 Å². The number of hydrogen-bond acceptors (Lipinski definition) is 3. The number of hydrogen-bond donors (Lipinski definition) is 1. The maximum atomic E-state index is 12.4. The number of carbonyl (C=O) groups excluding carboxylic acids is 1. The number of nitrogens with zero attached hydrogens (tertiary/aromatic N) is 2. The molecule has 25 heavy (non-hydrogen) atoms. The van der Waals surface area contributed by atoms with Crippen LogP contribution in [0.3, 0.4) is 0 Å². The van der Waals surface area contributed by atoms with Gasteiger partial charge < -0.3 is 10.2 Å². The molecule has 2 aromatic rings. The molecular formula is C19H21Cl2N3O. The number of aromatic nitrogens is 1. The molecule has 1 amide bonds. The molecular weight excluding hydrogens is 357 g/mol. The lowest BCUT2D eigenvalue weighted by atomic mass is 10.1. The number of likely N-dealkylation sites (tertiary alicyclic amines) is 1. The van der Waals surface area contributed by atoms with Gasteiger partial charge in [-0.3, -0.25) is 4.79 Å². The summed E-state index contributed by atoms with van der Waals surface area (Å²) in [7, 11) is 0. The van der Waals surface area contributed by atoms with E-state index in [2.05, 4.69) is 10.3 Å². The van der Waals surface area contributed by atoms with Crippen LogP contribution < -0.4 is 5.32 Å². The molecule has 0 saturated carbocycles. The summed E-state index contributed by atoms with van der Waals surface area (Å²) in [4.78, 5) is 18.7. The molecule has 0 bridgehead atoms. The highest BCUT2D eigenvalue weighted by molar-refractivity contribution is 6.35. The van der Waals surface area contributed by atoms with Crippen molar-refractivity contribution in [1.29, 1.82) is 0 Å². The van der Waals surface area contributed by atoms with Crippen molar-refractivity contribution in [2.45, 2.75) is 25.7 Å². The van der Waals surface area contributed by atoms with Gasteiger partial charge in [-0.2, -0.15) is 0 Å². The van der Waals surface area contributed by atoms with Gasteiger partial charge in [-0.1, -0.05) is 29.3 Å². The van der Waals surface area contributed by atoms with Crippen molar-refractivity contribution in [2.75, 3.05) is 25.0 Å². The maximum absolute atomic E-state index is 12.4. The second-order valence-electron chi connectivity index (χ2n) is 6.20. The average molecular weight is 378 g/mol. The van der Waals surface area contributed by atoms with Crippen LogP contribution in [0.15, 0.2) is 36.5 Å². The summed E-state index contributed by atoms with van der Waals surface area (Å²) in [6.45, 7) is 2.40. The first-order valence-corrected chi connectivity index (χ1v) is 9.32. The molecule has 1 aliphatic heterocycles. The number of amides is 1. The highest BCUT2D eigenvalue weighted by atomic mass is 35.5. The minimum absolute atomic E-state index is 0.0756. The summed E-state index contributed by atoms with van der Waals surface area (Å²) in [5.41, 5.74) is 1.68. The van der Waals surface area contributed by atoms with Crippen LogP contribution in [-0.4, -0.2) is 35.4 Å². The number of carbonyl (C=O) groups is 1. The summed E-state index contributed by atoms with van der Waals surface area (Å²) in [6, 6.07) is 9.20. The van der Waals surface area contributed by atoms with Crippen molar-refractivity contribution in [2.24, 2.45) is 0 Å². The van der Waals surface area contributed by atoms with Crippen LogP contribution in [0.4, 0.5) is 5.82 Å². The third-order valence-corrected chi connectivity index (χ3v) is 4.96. The molecule has 0 spiro atoms. The molecule has 1 aromatic heterocycles. The largest absolute Gasteiger partial charge is 0.370 e. The van der Waals surface area contributed by atoms with E-state index < -0.39 is 0 Å². The fourth-order valence-corrected chi connectivity index (χ4v) is 3.46. The van der Waals surface area contributed by atoms with Crippen LogP contribution >= 0.6 is 23.2 Å². The molecule has 1 saturated heterocycles. The van der Waals surface area contributed by atoms with Crippen molar-refractivity contribution in [1.82, 2.24) is 9.88 Å². The average Bonchev–Trinajstić information content (AvgIpc) is 2.64. The monoisotopic (exact) mass is 377 g/mol. The van der Waals surface area contributed by atoms with Crippen molar-refractivity contribution in [3.8, 4) is 0 Å². The smallest absolute Gasteiger partial charge is 0.255 e. The van der Waals surface area contributed by atoms with Crippen LogP contribution in [0.25, 0.3) is 0 Å². The number of pyridine rings is 1. The lowest BCUT2D eigenvalue weighted by molar-refractivity contribution is 0.0724. The zero-order chi connectivity index (χ0) is 17.6. The Labute approximate surface area is 158 Å². The summed E-state index contributed by atoms with van der Waals surface area (Å²) in [5, 5.41) is 4.56. The van der Waals surface area contributed by atoms with Crippen LogP contribution in [0, 0.1) is 0 Å². The van der Waals surface area contributed by atoms with E-state index in [9.17, 15) is 4.79 Å². The van der Waals surface area contributed by atoms with Crippen molar-refractivity contribution in [3.63, 3.8) is 0 Å². The summed E-state index contributed by atoms with van der Waals surface area (Å²) in [6.07, 6.45) is 5.81. The van der Waals surface area contributed by atoms with Gasteiger partial charge in [0.15, 0.2) is 0 Å². The highest BCUT2D eigenvalue weighted by Crippen LogP contribution is 2.21. The zero-order valence-electron chi connectivity index (χ0n) is 14.0. The van der Waals surface area contributed by atoms with E-state index >= 15 is 0 Å². The number of anilines is 1. The van der Waals surface area contributed by atoms with Crippen LogP contribution in [0.5, 0.6) is 0 Å². The molecule has 1 aliphatic rings. The molecule has 3 rings (SSSR count). The van der Waals surface area contributed by atoms with Gasteiger partial charge in [0, 0.05) is 35.9 Å². The predicted molar refractivity (Wildman–Crippen MR) is 103 cm³/mol. The summed E-state index contributed by atoms with van der Waals surface area (Å²) in [5.74, 6) is 0.826. The van der Waals surface area contributed by atoms with E-state index in [1.54, 1.807) is 12.3 Å². The molecule has 1 N–H and O–H groups in total. The van der Waals surface area contributed by atoms with E-state index in [4.69, 9.17) is 23.2 Å². The minimum atomic E-state index is 0.0756. The summed E-state index contributed by atoms with van der Waals surface area (Å²) >= 11 is 12.1. The molecule has 2 heterocycles. The standard InChI is InChI=1S/C19H21Cl2N3O/c20-16-6-4-14(17(21)12-16)8-9-22-18-7-5-15(13-23-18)19(25)24-10-2-1-3-11-24/h4-7,12-13H,1-3,8-11H2,(H,22,23). The Kier molecular flexibility index (Phi) is 6.16. The van der Waals surface area contributed by atoms with E-state index in [-0.39, 0.29) is 5.91 Å².